The number of hydrogen-bond donors (Lipinski definition) is 1. The highest BCUT2D eigenvalue weighted by Gasteiger charge is 2.47. The van der Waals surface area contributed by atoms with Crippen LogP contribution in [-0.4, -0.2) is 30.9 Å². The van der Waals surface area contributed by atoms with Crippen LogP contribution in [0.5, 0.6) is 0 Å². The van der Waals surface area contributed by atoms with Crippen molar-refractivity contribution in [3.05, 3.63) is 57.9 Å². The Bertz CT molecular complexity index is 1030. The van der Waals surface area contributed by atoms with Gasteiger partial charge in [0, 0.05) is 22.9 Å². The number of ether oxygens (including phenoxy) is 2. The number of esters is 2. The number of ketones is 1. The number of carbonyl (C=O) groups is 3. The maximum Gasteiger partial charge on any atom is 0.337 e. The Hall–Kier alpha value is -2.89. The quantitative estimate of drug-likeness (QED) is 0.388. The maximum absolute atomic E-state index is 13.8. The second-order valence-corrected chi connectivity index (χ2v) is 9.96. The number of allylic oxidation sites excluding steroid dienone is 3. The van der Waals surface area contributed by atoms with E-state index < -0.39 is 17.8 Å². The zero-order valence-corrected chi connectivity index (χ0v) is 20.6. The summed E-state index contributed by atoms with van der Waals surface area (Å²) in [5.41, 5.74) is 4.37. The van der Waals surface area contributed by atoms with Crippen LogP contribution < -0.4 is 5.32 Å². The summed E-state index contributed by atoms with van der Waals surface area (Å²) >= 11 is 0. The van der Waals surface area contributed by atoms with Gasteiger partial charge in [0.25, 0.3) is 0 Å². The third-order valence-corrected chi connectivity index (χ3v) is 7.45. The predicted octanol–water partition coefficient (Wildman–Crippen LogP) is 4.87. The van der Waals surface area contributed by atoms with Crippen molar-refractivity contribution < 1.29 is 23.9 Å². The fourth-order valence-corrected chi connectivity index (χ4v) is 5.62. The molecule has 1 heterocycles. The molecule has 1 aromatic carbocycles. The van der Waals surface area contributed by atoms with Crippen molar-refractivity contribution in [1.29, 1.82) is 0 Å². The van der Waals surface area contributed by atoms with Crippen LogP contribution in [0.4, 0.5) is 0 Å². The van der Waals surface area contributed by atoms with E-state index in [1.807, 2.05) is 45.0 Å². The first-order valence-electron chi connectivity index (χ1n) is 12.4. The molecular formula is C28H35NO5. The van der Waals surface area contributed by atoms with Gasteiger partial charge < -0.3 is 14.8 Å². The highest BCUT2D eigenvalue weighted by molar-refractivity contribution is 6.12. The van der Waals surface area contributed by atoms with Crippen LogP contribution in [0.2, 0.25) is 0 Å². The number of dihydropyridines is 1. The maximum atomic E-state index is 13.8. The number of Topliss-reactive ketones (excluding diaryl/α,β-unsaturated/α-hetero) is 1. The Morgan fingerprint density at radius 1 is 1.00 bits per heavy atom. The van der Waals surface area contributed by atoms with E-state index in [1.165, 1.54) is 20.0 Å². The molecule has 1 fully saturated rings. The molecule has 1 N–H and O–H groups in total. The minimum Gasteiger partial charge on any atom is -0.468 e. The van der Waals surface area contributed by atoms with Gasteiger partial charge in [-0.3, -0.25) is 9.59 Å². The molecular weight excluding hydrogens is 430 g/mol. The molecule has 2 aliphatic carbocycles. The largest absolute Gasteiger partial charge is 0.468 e. The van der Waals surface area contributed by atoms with E-state index >= 15 is 0 Å². The van der Waals surface area contributed by atoms with E-state index in [4.69, 9.17) is 9.47 Å². The molecule has 0 saturated heterocycles. The van der Waals surface area contributed by atoms with Crippen molar-refractivity contribution in [3.8, 4) is 0 Å². The van der Waals surface area contributed by atoms with Crippen LogP contribution in [0.3, 0.4) is 0 Å². The van der Waals surface area contributed by atoms with E-state index in [0.717, 1.165) is 42.5 Å². The molecule has 182 valence electrons. The smallest absolute Gasteiger partial charge is 0.337 e. The predicted molar refractivity (Wildman–Crippen MR) is 129 cm³/mol. The summed E-state index contributed by atoms with van der Waals surface area (Å²) in [5.74, 6) is -2.84. The summed E-state index contributed by atoms with van der Waals surface area (Å²) in [7, 11) is 1.31. The van der Waals surface area contributed by atoms with Crippen LogP contribution in [-0.2, 0) is 23.9 Å². The molecule has 6 heteroatoms. The number of benzene rings is 1. The average molecular weight is 466 g/mol. The molecule has 3 atom stereocenters. The molecule has 34 heavy (non-hydrogen) atoms. The van der Waals surface area contributed by atoms with Crippen LogP contribution >= 0.6 is 0 Å². The average Bonchev–Trinajstić information content (AvgIpc) is 3.07. The van der Waals surface area contributed by atoms with E-state index in [-0.39, 0.29) is 23.8 Å². The van der Waals surface area contributed by atoms with Gasteiger partial charge in [-0.15, -0.1) is 0 Å². The summed E-state index contributed by atoms with van der Waals surface area (Å²) in [6, 6.07) is 7.88. The SMILES string of the molecule is COC(=O)[C@@H]1C(=O)C2=C(C[C@@H]1C)NC(C)=C(C(=O)OC1CCCCCC1)[C@H]2c1ccc(C)cc1. The lowest BCUT2D eigenvalue weighted by Gasteiger charge is -2.38. The Balaban J connectivity index is 1.76. The first-order chi connectivity index (χ1) is 16.3. The highest BCUT2D eigenvalue weighted by atomic mass is 16.5. The molecule has 0 unspecified atom stereocenters. The summed E-state index contributed by atoms with van der Waals surface area (Å²) in [5, 5.41) is 3.33. The summed E-state index contributed by atoms with van der Waals surface area (Å²) < 4.78 is 11.0. The lowest BCUT2D eigenvalue weighted by molar-refractivity contribution is -0.151. The number of methoxy groups -OCH3 is 1. The molecule has 1 aliphatic heterocycles. The van der Waals surface area contributed by atoms with Crippen LogP contribution in [0.25, 0.3) is 0 Å². The van der Waals surface area contributed by atoms with Crippen molar-refractivity contribution in [2.75, 3.05) is 7.11 Å². The zero-order chi connectivity index (χ0) is 24.4. The molecule has 4 rings (SSSR count). The molecule has 0 radical (unpaired) electrons. The van der Waals surface area contributed by atoms with Crippen LogP contribution in [0.1, 0.15) is 75.8 Å². The fraction of sp³-hybridized carbons (Fsp3) is 0.536. The molecule has 0 amide bonds. The lowest BCUT2D eigenvalue weighted by atomic mass is 9.69. The number of nitrogens with one attached hydrogen (secondary N) is 1. The van der Waals surface area contributed by atoms with Crippen molar-refractivity contribution >= 4 is 17.7 Å². The van der Waals surface area contributed by atoms with Gasteiger partial charge in [-0.1, -0.05) is 49.6 Å². The van der Waals surface area contributed by atoms with Gasteiger partial charge in [0.15, 0.2) is 5.78 Å². The van der Waals surface area contributed by atoms with Gasteiger partial charge in [0.2, 0.25) is 0 Å². The number of rotatable bonds is 4. The summed E-state index contributed by atoms with van der Waals surface area (Å²) in [6.45, 7) is 5.76. The Labute approximate surface area is 201 Å². The summed E-state index contributed by atoms with van der Waals surface area (Å²) in [4.78, 5) is 39.9. The fourth-order valence-electron chi connectivity index (χ4n) is 5.62. The highest BCUT2D eigenvalue weighted by Crippen LogP contribution is 2.45. The van der Waals surface area contributed by atoms with Crippen LogP contribution in [0.15, 0.2) is 46.8 Å². The third kappa shape index (κ3) is 4.68. The third-order valence-electron chi connectivity index (χ3n) is 7.45. The van der Waals surface area contributed by atoms with Gasteiger partial charge in [-0.2, -0.15) is 0 Å². The van der Waals surface area contributed by atoms with Gasteiger partial charge in [-0.25, -0.2) is 4.79 Å². The number of aryl methyl sites for hydroxylation is 1. The number of carbonyl (C=O) groups excluding carboxylic acids is 3. The first kappa shape index (κ1) is 24.2. The molecule has 1 aromatic rings. The van der Waals surface area contributed by atoms with E-state index in [0.29, 0.717) is 23.3 Å². The van der Waals surface area contributed by atoms with E-state index in [2.05, 4.69) is 5.32 Å². The Morgan fingerprint density at radius 3 is 2.26 bits per heavy atom. The van der Waals surface area contributed by atoms with E-state index in [9.17, 15) is 14.4 Å². The second-order valence-electron chi connectivity index (χ2n) is 9.96. The molecule has 0 bridgehead atoms. The van der Waals surface area contributed by atoms with Crippen molar-refractivity contribution in [2.45, 2.75) is 77.7 Å². The Morgan fingerprint density at radius 2 is 1.65 bits per heavy atom. The van der Waals surface area contributed by atoms with E-state index in [1.54, 1.807) is 0 Å². The van der Waals surface area contributed by atoms with Crippen molar-refractivity contribution in [1.82, 2.24) is 5.32 Å². The Kier molecular flexibility index (Phi) is 7.24. The van der Waals surface area contributed by atoms with Crippen LogP contribution in [0, 0.1) is 18.8 Å². The van der Waals surface area contributed by atoms with Crippen molar-refractivity contribution in [3.63, 3.8) is 0 Å². The second kappa shape index (κ2) is 10.2. The standard InChI is InChI=1S/C28H35NO5/c1-16-11-13-19(14-12-16)24-23(28(32)34-20-9-7-5-6-8-10-20)18(3)29-21-15-17(2)22(27(31)33-4)26(30)25(21)24/h11-14,17,20,22,24,29H,5-10,15H2,1-4H3/t17-,22-,24+/m0/s1. The molecule has 6 nitrogen and oxygen atoms in total. The van der Waals surface area contributed by atoms with Gasteiger partial charge in [0.05, 0.1) is 12.7 Å². The summed E-state index contributed by atoms with van der Waals surface area (Å²) in [6.07, 6.45) is 6.62. The molecule has 0 spiro atoms. The zero-order valence-electron chi connectivity index (χ0n) is 20.6. The first-order valence-corrected chi connectivity index (χ1v) is 12.4. The minimum absolute atomic E-state index is 0.103. The topological polar surface area (TPSA) is 81.7 Å². The molecule has 3 aliphatic rings. The number of hydrogen-bond acceptors (Lipinski definition) is 6. The normalized spacial score (nSPS) is 25.9. The van der Waals surface area contributed by atoms with Gasteiger partial charge >= 0.3 is 11.9 Å². The lowest BCUT2D eigenvalue weighted by Crippen LogP contribution is -2.43. The van der Waals surface area contributed by atoms with Crippen molar-refractivity contribution in [2.24, 2.45) is 11.8 Å². The van der Waals surface area contributed by atoms with Gasteiger partial charge in [0.1, 0.15) is 12.0 Å². The minimum atomic E-state index is -0.879. The van der Waals surface area contributed by atoms with Gasteiger partial charge in [-0.05, 0) is 57.4 Å². The molecule has 1 saturated carbocycles. The monoisotopic (exact) mass is 465 g/mol. The molecule has 0 aromatic heterocycles.